The quantitative estimate of drug-likeness (QED) is 0.545. The zero-order valence-electron chi connectivity index (χ0n) is 16.9. The van der Waals surface area contributed by atoms with Gasteiger partial charge in [-0.25, -0.2) is 4.79 Å². The Kier molecular flexibility index (Phi) is 5.07. The summed E-state index contributed by atoms with van der Waals surface area (Å²) in [6.45, 7) is 5.56. The van der Waals surface area contributed by atoms with E-state index in [-0.39, 0.29) is 11.7 Å². The Morgan fingerprint density at radius 3 is 2.67 bits per heavy atom. The Labute approximate surface area is 177 Å². The van der Waals surface area contributed by atoms with Gasteiger partial charge in [0.05, 0.1) is 12.0 Å². The zero-order chi connectivity index (χ0) is 21.6. The van der Waals surface area contributed by atoms with Gasteiger partial charge < -0.3 is 18.8 Å². The van der Waals surface area contributed by atoms with Crippen LogP contribution in [0.15, 0.2) is 29.2 Å². The monoisotopic (exact) mass is 428 g/mol. The number of thioether (sulfide) groups is 1. The molecule has 1 saturated heterocycles. The molecule has 0 bridgehead atoms. The number of carbonyl (C=O) groups is 3. The first-order chi connectivity index (χ1) is 14.3. The smallest absolute Gasteiger partial charge is 0.328 e. The fraction of sp³-hybridized carbons (Fsp3) is 0.286. The summed E-state index contributed by atoms with van der Waals surface area (Å²) in [5.41, 5.74) is 3.57. The molecule has 2 aromatic rings. The van der Waals surface area contributed by atoms with Crippen LogP contribution < -0.4 is 9.47 Å². The second-order valence-corrected chi connectivity index (χ2v) is 7.94. The van der Waals surface area contributed by atoms with Crippen molar-refractivity contribution >= 4 is 35.0 Å². The summed E-state index contributed by atoms with van der Waals surface area (Å²) in [6, 6.07) is 6.66. The van der Waals surface area contributed by atoms with Crippen molar-refractivity contribution in [3.63, 3.8) is 0 Å². The highest BCUT2D eigenvalue weighted by Gasteiger charge is 2.41. The number of ether oxygens (including phenoxy) is 3. The molecule has 2 amide bonds. The molecule has 0 spiro atoms. The van der Waals surface area contributed by atoms with Crippen LogP contribution >= 0.6 is 11.8 Å². The van der Waals surface area contributed by atoms with Gasteiger partial charge in [0.25, 0.3) is 11.1 Å². The van der Waals surface area contributed by atoms with Crippen LogP contribution in [0.4, 0.5) is 4.79 Å². The molecule has 0 radical (unpaired) electrons. The lowest BCUT2D eigenvalue weighted by atomic mass is 10.2. The molecule has 8 nitrogen and oxygen atoms in total. The second-order valence-electron chi connectivity index (χ2n) is 6.95. The highest BCUT2D eigenvalue weighted by Crippen LogP contribution is 2.37. The molecular weight excluding hydrogens is 408 g/mol. The predicted molar refractivity (Wildman–Crippen MR) is 111 cm³/mol. The number of nitrogens with zero attached hydrogens (tertiary/aromatic N) is 2. The third-order valence-corrected chi connectivity index (χ3v) is 6.01. The lowest BCUT2D eigenvalue weighted by Gasteiger charge is -2.18. The summed E-state index contributed by atoms with van der Waals surface area (Å²) in [7, 11) is 1.22. The average Bonchev–Trinajstić information content (AvgIpc) is 3.37. The van der Waals surface area contributed by atoms with Crippen molar-refractivity contribution in [2.24, 2.45) is 0 Å². The first-order valence-electron chi connectivity index (χ1n) is 9.25. The zero-order valence-corrected chi connectivity index (χ0v) is 17.7. The Bertz CT molecular complexity index is 1100. The maximum Gasteiger partial charge on any atom is 0.328 e. The molecule has 1 aromatic carbocycles. The maximum atomic E-state index is 12.8. The van der Waals surface area contributed by atoms with E-state index >= 15 is 0 Å². The fourth-order valence-corrected chi connectivity index (χ4v) is 4.49. The van der Waals surface area contributed by atoms with E-state index in [0.29, 0.717) is 11.5 Å². The van der Waals surface area contributed by atoms with Crippen molar-refractivity contribution in [3.05, 3.63) is 46.1 Å². The van der Waals surface area contributed by atoms with Crippen LogP contribution in [-0.2, 0) is 14.3 Å². The van der Waals surface area contributed by atoms with Crippen LogP contribution in [0, 0.1) is 13.8 Å². The maximum absolute atomic E-state index is 12.8. The summed E-state index contributed by atoms with van der Waals surface area (Å²) in [5, 5.41) is -0.492. The van der Waals surface area contributed by atoms with Gasteiger partial charge in [-0.05, 0) is 62.4 Å². The molecule has 1 aromatic heterocycles. The molecule has 3 heterocycles. The van der Waals surface area contributed by atoms with Crippen LogP contribution in [0.25, 0.3) is 11.8 Å². The lowest BCUT2D eigenvalue weighted by molar-refractivity contribution is -0.148. The van der Waals surface area contributed by atoms with E-state index in [2.05, 4.69) is 4.74 Å². The number of benzene rings is 1. The van der Waals surface area contributed by atoms with E-state index in [1.54, 1.807) is 6.08 Å². The Balaban J connectivity index is 1.67. The number of fused-ring (bicyclic) bond motifs is 1. The Morgan fingerprint density at radius 2 is 1.93 bits per heavy atom. The summed E-state index contributed by atoms with van der Waals surface area (Å²) in [6.07, 6.45) is 1.68. The molecule has 0 unspecified atom stereocenters. The van der Waals surface area contributed by atoms with E-state index in [9.17, 15) is 14.4 Å². The molecule has 156 valence electrons. The molecule has 1 atom stereocenters. The average molecular weight is 428 g/mol. The van der Waals surface area contributed by atoms with Crippen LogP contribution in [0.1, 0.15) is 23.9 Å². The molecule has 4 rings (SSSR count). The highest BCUT2D eigenvalue weighted by molar-refractivity contribution is 8.18. The van der Waals surface area contributed by atoms with Gasteiger partial charge in [0.2, 0.25) is 6.79 Å². The van der Waals surface area contributed by atoms with E-state index in [4.69, 9.17) is 9.47 Å². The van der Waals surface area contributed by atoms with Crippen LogP contribution in [-0.4, -0.2) is 46.5 Å². The number of hydrogen-bond donors (Lipinski definition) is 0. The number of imide groups is 1. The highest BCUT2D eigenvalue weighted by atomic mass is 32.2. The van der Waals surface area contributed by atoms with Crippen LogP contribution in [0.3, 0.4) is 0 Å². The Morgan fingerprint density at radius 1 is 1.20 bits per heavy atom. The number of amides is 2. The largest absolute Gasteiger partial charge is 0.467 e. The third-order valence-electron chi connectivity index (χ3n) is 5.12. The van der Waals surface area contributed by atoms with Gasteiger partial charge in [0.15, 0.2) is 11.5 Å². The predicted octanol–water partition coefficient (Wildman–Crippen LogP) is 3.42. The molecule has 0 saturated carbocycles. The topological polar surface area (TPSA) is 87.1 Å². The second kappa shape index (κ2) is 7.56. The number of carbonyl (C=O) groups excluding carboxylic acids is 3. The standard InChI is InChI=1S/C21H20N2O6S/c1-11-7-14(8-18-19(24)23(21(26)30-18)13(3)20(25)27-4)12(2)22(11)15-5-6-16-17(9-15)29-10-28-16/h5-9,13H,10H2,1-4H3/b18-8+/t13-/m0/s1. The molecule has 9 heteroatoms. The number of esters is 1. The van der Waals surface area contributed by atoms with Gasteiger partial charge >= 0.3 is 5.97 Å². The van der Waals surface area contributed by atoms with Crippen LogP contribution in [0.5, 0.6) is 11.5 Å². The molecule has 2 aliphatic heterocycles. The van der Waals surface area contributed by atoms with Gasteiger partial charge in [0, 0.05) is 23.1 Å². The summed E-state index contributed by atoms with van der Waals surface area (Å²) >= 11 is 0.814. The number of aromatic nitrogens is 1. The summed E-state index contributed by atoms with van der Waals surface area (Å²) < 4.78 is 17.5. The number of rotatable bonds is 4. The fourth-order valence-electron chi connectivity index (χ4n) is 3.59. The Hall–Kier alpha value is -3.20. The summed E-state index contributed by atoms with van der Waals surface area (Å²) in [4.78, 5) is 38.0. The van der Waals surface area contributed by atoms with Gasteiger partial charge in [-0.2, -0.15) is 0 Å². The van der Waals surface area contributed by atoms with Crippen molar-refractivity contribution in [1.29, 1.82) is 0 Å². The minimum Gasteiger partial charge on any atom is -0.467 e. The van der Waals surface area contributed by atoms with Crippen molar-refractivity contribution in [2.45, 2.75) is 26.8 Å². The van der Waals surface area contributed by atoms with E-state index in [1.165, 1.54) is 14.0 Å². The number of aryl methyl sites for hydroxylation is 1. The van der Waals surface area contributed by atoms with Gasteiger partial charge in [0.1, 0.15) is 6.04 Å². The summed E-state index contributed by atoms with van der Waals surface area (Å²) in [5.74, 6) is 0.240. The van der Waals surface area contributed by atoms with Crippen molar-refractivity contribution in [2.75, 3.05) is 13.9 Å². The number of hydrogen-bond acceptors (Lipinski definition) is 7. The molecule has 1 fully saturated rings. The van der Waals surface area contributed by atoms with Crippen molar-refractivity contribution in [1.82, 2.24) is 9.47 Å². The molecule has 30 heavy (non-hydrogen) atoms. The lowest BCUT2D eigenvalue weighted by Crippen LogP contribution is -2.42. The molecule has 0 N–H and O–H groups in total. The van der Waals surface area contributed by atoms with Crippen molar-refractivity contribution in [3.8, 4) is 17.2 Å². The van der Waals surface area contributed by atoms with E-state index < -0.39 is 23.2 Å². The normalized spacial score (nSPS) is 17.7. The van der Waals surface area contributed by atoms with Crippen LogP contribution in [0.2, 0.25) is 0 Å². The van der Waals surface area contributed by atoms with Gasteiger partial charge in [-0.3, -0.25) is 14.5 Å². The van der Waals surface area contributed by atoms with E-state index in [1.807, 2.05) is 42.7 Å². The van der Waals surface area contributed by atoms with Gasteiger partial charge in [-0.1, -0.05) is 0 Å². The minimum absolute atomic E-state index is 0.202. The first-order valence-corrected chi connectivity index (χ1v) is 10.1. The van der Waals surface area contributed by atoms with Crippen molar-refractivity contribution < 1.29 is 28.6 Å². The molecule has 0 aliphatic carbocycles. The molecular formula is C21H20N2O6S. The first kappa shape index (κ1) is 20.1. The van der Waals surface area contributed by atoms with E-state index in [0.717, 1.165) is 39.3 Å². The minimum atomic E-state index is -0.977. The number of methoxy groups -OCH3 is 1. The third kappa shape index (κ3) is 3.24. The molecule has 2 aliphatic rings. The SMILES string of the molecule is COC(=O)[C@H](C)N1C(=O)S/C(=C/c2cc(C)n(-c3ccc4c(c3)OCO4)c2C)C1=O. The van der Waals surface area contributed by atoms with Gasteiger partial charge in [-0.15, -0.1) is 0 Å².